The van der Waals surface area contributed by atoms with Crippen molar-refractivity contribution < 1.29 is 19.4 Å². The Bertz CT molecular complexity index is 538. The summed E-state index contributed by atoms with van der Waals surface area (Å²) in [5.74, 6) is -0.797. The second-order valence-electron chi connectivity index (χ2n) is 5.57. The molecule has 1 aromatic rings. The average molecular weight is 295 g/mol. The molecule has 1 amide bonds. The summed E-state index contributed by atoms with van der Waals surface area (Å²) in [4.78, 5) is 24.9. The van der Waals surface area contributed by atoms with Gasteiger partial charge in [0, 0.05) is 20.1 Å². The number of aromatic nitrogens is 2. The van der Waals surface area contributed by atoms with E-state index in [-0.39, 0.29) is 18.2 Å². The highest BCUT2D eigenvalue weighted by atomic mass is 16.5. The van der Waals surface area contributed by atoms with E-state index in [1.165, 1.54) is 0 Å². The minimum Gasteiger partial charge on any atom is -0.481 e. The van der Waals surface area contributed by atoms with Crippen LogP contribution < -0.4 is 0 Å². The molecule has 7 heteroatoms. The molecule has 21 heavy (non-hydrogen) atoms. The molecule has 0 spiro atoms. The molecule has 2 rings (SSSR count). The largest absolute Gasteiger partial charge is 0.481 e. The van der Waals surface area contributed by atoms with Crippen molar-refractivity contribution in [2.24, 2.45) is 7.05 Å². The van der Waals surface area contributed by atoms with E-state index in [1.807, 2.05) is 13.8 Å². The molecular weight excluding hydrogens is 274 g/mol. The van der Waals surface area contributed by atoms with Crippen LogP contribution in [0.3, 0.4) is 0 Å². The van der Waals surface area contributed by atoms with E-state index in [2.05, 4.69) is 5.10 Å². The predicted molar refractivity (Wildman–Crippen MR) is 75.2 cm³/mol. The molecule has 0 bridgehead atoms. The van der Waals surface area contributed by atoms with E-state index in [0.29, 0.717) is 25.4 Å². The Labute approximate surface area is 123 Å². The van der Waals surface area contributed by atoms with Crippen molar-refractivity contribution in [3.63, 3.8) is 0 Å². The zero-order valence-corrected chi connectivity index (χ0v) is 12.6. The maximum Gasteiger partial charge on any atom is 0.306 e. The monoisotopic (exact) mass is 295 g/mol. The second kappa shape index (κ2) is 6.26. The molecule has 0 radical (unpaired) electrons. The third-order valence-corrected chi connectivity index (χ3v) is 3.54. The SMILES string of the molecule is CC(C)c1cc(C(=O)N2CCO[C@@H](CC(=O)O)C2)n(C)n1. The minimum atomic E-state index is -0.920. The Morgan fingerprint density at radius 2 is 2.24 bits per heavy atom. The second-order valence-corrected chi connectivity index (χ2v) is 5.57. The van der Waals surface area contributed by atoms with Gasteiger partial charge in [-0.25, -0.2) is 0 Å². The first-order valence-corrected chi connectivity index (χ1v) is 7.05. The molecule has 0 unspecified atom stereocenters. The molecule has 1 aliphatic rings. The Morgan fingerprint density at radius 1 is 1.52 bits per heavy atom. The number of carboxylic acids is 1. The number of hydrogen-bond acceptors (Lipinski definition) is 4. The third kappa shape index (κ3) is 3.60. The molecule has 116 valence electrons. The molecule has 0 aliphatic carbocycles. The third-order valence-electron chi connectivity index (χ3n) is 3.54. The normalized spacial score (nSPS) is 19.0. The predicted octanol–water partition coefficient (Wildman–Crippen LogP) is 0.859. The fourth-order valence-corrected chi connectivity index (χ4v) is 2.36. The molecule has 0 saturated carbocycles. The van der Waals surface area contributed by atoms with E-state index >= 15 is 0 Å². The van der Waals surface area contributed by atoms with Gasteiger partial charge < -0.3 is 14.7 Å². The van der Waals surface area contributed by atoms with Gasteiger partial charge in [-0.15, -0.1) is 0 Å². The van der Waals surface area contributed by atoms with Crippen molar-refractivity contribution in [2.45, 2.75) is 32.3 Å². The van der Waals surface area contributed by atoms with Gasteiger partial charge in [-0.3, -0.25) is 14.3 Å². The van der Waals surface area contributed by atoms with Gasteiger partial charge in [0.1, 0.15) is 5.69 Å². The number of aryl methyl sites for hydroxylation is 1. The summed E-state index contributed by atoms with van der Waals surface area (Å²) in [6.07, 6.45) is -0.537. The van der Waals surface area contributed by atoms with E-state index in [4.69, 9.17) is 9.84 Å². The van der Waals surface area contributed by atoms with Crippen LogP contribution in [0, 0.1) is 0 Å². The number of aliphatic carboxylic acids is 1. The summed E-state index contributed by atoms with van der Waals surface area (Å²) < 4.78 is 6.96. The smallest absolute Gasteiger partial charge is 0.306 e. The van der Waals surface area contributed by atoms with Gasteiger partial charge in [0.15, 0.2) is 0 Å². The van der Waals surface area contributed by atoms with Crippen molar-refractivity contribution in [1.82, 2.24) is 14.7 Å². The topological polar surface area (TPSA) is 84.7 Å². The maximum atomic E-state index is 12.5. The molecule has 0 aromatic carbocycles. The molecular formula is C14H21N3O4. The van der Waals surface area contributed by atoms with Crippen molar-refractivity contribution in [2.75, 3.05) is 19.7 Å². The molecule has 2 heterocycles. The van der Waals surface area contributed by atoms with Gasteiger partial charge in [0.05, 0.1) is 24.8 Å². The fraction of sp³-hybridized carbons (Fsp3) is 0.643. The van der Waals surface area contributed by atoms with Gasteiger partial charge in [-0.2, -0.15) is 5.10 Å². The van der Waals surface area contributed by atoms with Crippen LogP contribution in [-0.2, 0) is 16.6 Å². The summed E-state index contributed by atoms with van der Waals surface area (Å²) in [5, 5.41) is 13.2. The van der Waals surface area contributed by atoms with Crippen LogP contribution in [0.5, 0.6) is 0 Å². The van der Waals surface area contributed by atoms with E-state index in [1.54, 1.807) is 22.7 Å². The van der Waals surface area contributed by atoms with Gasteiger partial charge >= 0.3 is 5.97 Å². The maximum absolute atomic E-state index is 12.5. The van der Waals surface area contributed by atoms with Crippen LogP contribution in [0.25, 0.3) is 0 Å². The number of amides is 1. The van der Waals surface area contributed by atoms with Crippen molar-refractivity contribution in [1.29, 1.82) is 0 Å². The van der Waals surface area contributed by atoms with Crippen molar-refractivity contribution >= 4 is 11.9 Å². The number of nitrogens with zero attached hydrogens (tertiary/aromatic N) is 3. The van der Waals surface area contributed by atoms with Crippen LogP contribution in [0.1, 0.15) is 42.4 Å². The lowest BCUT2D eigenvalue weighted by molar-refractivity contribution is -0.141. The van der Waals surface area contributed by atoms with Gasteiger partial charge in [0.25, 0.3) is 5.91 Å². The van der Waals surface area contributed by atoms with Gasteiger partial charge in [-0.1, -0.05) is 13.8 Å². The zero-order chi connectivity index (χ0) is 15.6. The summed E-state index contributed by atoms with van der Waals surface area (Å²) in [5.41, 5.74) is 1.39. The van der Waals surface area contributed by atoms with E-state index in [9.17, 15) is 9.59 Å². The highest BCUT2D eigenvalue weighted by molar-refractivity contribution is 5.92. The van der Waals surface area contributed by atoms with Crippen molar-refractivity contribution in [3.8, 4) is 0 Å². The van der Waals surface area contributed by atoms with Crippen LogP contribution >= 0.6 is 0 Å². The first-order valence-electron chi connectivity index (χ1n) is 7.05. The van der Waals surface area contributed by atoms with Crippen LogP contribution in [0.2, 0.25) is 0 Å². The average Bonchev–Trinajstić information content (AvgIpc) is 2.80. The Balaban J connectivity index is 2.10. The Hall–Kier alpha value is -1.89. The number of morpholine rings is 1. The number of ether oxygens (including phenoxy) is 1. The molecule has 1 N–H and O–H groups in total. The van der Waals surface area contributed by atoms with Crippen LogP contribution in [0.15, 0.2) is 6.07 Å². The lowest BCUT2D eigenvalue weighted by Crippen LogP contribution is -2.46. The highest BCUT2D eigenvalue weighted by Gasteiger charge is 2.28. The van der Waals surface area contributed by atoms with Crippen LogP contribution in [0.4, 0.5) is 0 Å². The molecule has 7 nitrogen and oxygen atoms in total. The first kappa shape index (κ1) is 15.5. The van der Waals surface area contributed by atoms with Gasteiger partial charge in [-0.05, 0) is 12.0 Å². The summed E-state index contributed by atoms with van der Waals surface area (Å²) >= 11 is 0. The summed E-state index contributed by atoms with van der Waals surface area (Å²) in [6, 6.07) is 1.80. The van der Waals surface area contributed by atoms with Gasteiger partial charge in [0.2, 0.25) is 0 Å². The standard InChI is InChI=1S/C14H21N3O4/c1-9(2)11-7-12(16(3)15-11)14(20)17-4-5-21-10(8-17)6-13(18)19/h7,9-10H,4-6,8H2,1-3H3,(H,18,19)/t10-/m0/s1. The number of hydrogen-bond donors (Lipinski definition) is 1. The Morgan fingerprint density at radius 3 is 2.81 bits per heavy atom. The minimum absolute atomic E-state index is 0.0909. The lowest BCUT2D eigenvalue weighted by Gasteiger charge is -2.32. The molecule has 1 aliphatic heterocycles. The molecule has 1 aromatic heterocycles. The van der Waals surface area contributed by atoms with Crippen molar-refractivity contribution in [3.05, 3.63) is 17.5 Å². The quantitative estimate of drug-likeness (QED) is 0.890. The van der Waals surface area contributed by atoms with E-state index in [0.717, 1.165) is 5.69 Å². The molecule has 1 saturated heterocycles. The number of carbonyl (C=O) groups is 2. The van der Waals surface area contributed by atoms with E-state index < -0.39 is 12.1 Å². The molecule has 1 atom stereocenters. The van der Waals surface area contributed by atoms with Crippen LogP contribution in [-0.4, -0.2) is 57.5 Å². The zero-order valence-electron chi connectivity index (χ0n) is 12.6. The summed E-state index contributed by atoms with van der Waals surface area (Å²) in [6.45, 7) is 5.17. The lowest BCUT2D eigenvalue weighted by atomic mass is 10.1. The first-order chi connectivity index (χ1) is 9.88. The Kier molecular flexibility index (Phi) is 4.62. The number of carbonyl (C=O) groups excluding carboxylic acids is 1. The fourth-order valence-electron chi connectivity index (χ4n) is 2.36. The number of carboxylic acid groups (broad SMARTS) is 1. The highest BCUT2D eigenvalue weighted by Crippen LogP contribution is 2.17. The number of rotatable bonds is 4. The molecule has 1 fully saturated rings. The summed E-state index contributed by atoms with van der Waals surface area (Å²) in [7, 11) is 1.74.